The zero-order valence-electron chi connectivity index (χ0n) is 17.4. The highest BCUT2D eigenvalue weighted by Gasteiger charge is 2.46. The van der Waals surface area contributed by atoms with Crippen molar-refractivity contribution in [3.63, 3.8) is 0 Å². The predicted octanol–water partition coefficient (Wildman–Crippen LogP) is 3.28. The Hall–Kier alpha value is -3.35. The van der Waals surface area contributed by atoms with Gasteiger partial charge < -0.3 is 20.5 Å². The van der Waals surface area contributed by atoms with Gasteiger partial charge in [-0.3, -0.25) is 9.59 Å². The number of hydrogen-bond acceptors (Lipinski definition) is 4. The number of carboxylic acids is 1. The normalized spacial score (nSPS) is 16.5. The first kappa shape index (κ1) is 20.9. The van der Waals surface area contributed by atoms with Crippen LogP contribution in [-0.2, 0) is 14.3 Å². The van der Waals surface area contributed by atoms with Crippen LogP contribution in [0.4, 0.5) is 4.79 Å². The van der Waals surface area contributed by atoms with Crippen LogP contribution in [0.5, 0.6) is 0 Å². The van der Waals surface area contributed by atoms with Crippen molar-refractivity contribution in [2.75, 3.05) is 13.2 Å². The van der Waals surface area contributed by atoms with Crippen LogP contribution < -0.4 is 10.6 Å². The number of rotatable bonds is 8. The van der Waals surface area contributed by atoms with E-state index < -0.39 is 23.5 Å². The Morgan fingerprint density at radius 3 is 2.19 bits per heavy atom. The van der Waals surface area contributed by atoms with Crippen molar-refractivity contribution >= 4 is 18.0 Å². The number of benzene rings is 2. The summed E-state index contributed by atoms with van der Waals surface area (Å²) in [5.74, 6) is -1.91. The van der Waals surface area contributed by atoms with Gasteiger partial charge in [-0.2, -0.15) is 0 Å². The van der Waals surface area contributed by atoms with E-state index in [0.29, 0.717) is 12.8 Å². The number of alkyl carbamates (subject to hydrolysis) is 1. The van der Waals surface area contributed by atoms with Gasteiger partial charge in [-0.1, -0.05) is 55.5 Å². The van der Waals surface area contributed by atoms with Crippen LogP contribution in [0.15, 0.2) is 48.5 Å². The fourth-order valence-electron chi connectivity index (χ4n) is 4.07. The van der Waals surface area contributed by atoms with Gasteiger partial charge in [0.2, 0.25) is 5.91 Å². The average Bonchev–Trinajstić information content (AvgIpc) is 3.42. The second-order valence-corrected chi connectivity index (χ2v) is 8.45. The molecule has 2 aromatic carbocycles. The zero-order chi connectivity index (χ0) is 22.0. The van der Waals surface area contributed by atoms with Gasteiger partial charge >= 0.3 is 12.1 Å². The molecular formula is C24H26N2O5. The summed E-state index contributed by atoms with van der Waals surface area (Å²) < 4.78 is 5.57. The highest BCUT2D eigenvalue weighted by atomic mass is 16.5. The number of carboxylic acid groups (broad SMARTS) is 1. The quantitative estimate of drug-likeness (QED) is 0.606. The molecule has 1 unspecified atom stereocenters. The third-order valence-electron chi connectivity index (χ3n) is 6.09. The number of amides is 2. The smallest absolute Gasteiger partial charge is 0.407 e. The molecule has 0 radical (unpaired) electrons. The number of aliphatic carboxylic acids is 1. The lowest BCUT2D eigenvalue weighted by molar-refractivity contribution is -0.141. The van der Waals surface area contributed by atoms with Crippen LogP contribution in [0.25, 0.3) is 11.1 Å². The molecule has 0 spiro atoms. The summed E-state index contributed by atoms with van der Waals surface area (Å²) in [4.78, 5) is 35.5. The fraction of sp³-hybridized carbons (Fsp3) is 0.375. The van der Waals surface area contributed by atoms with Crippen molar-refractivity contribution in [1.29, 1.82) is 0 Å². The topological polar surface area (TPSA) is 105 Å². The van der Waals surface area contributed by atoms with Crippen molar-refractivity contribution in [3.8, 4) is 11.1 Å². The third kappa shape index (κ3) is 4.55. The standard InChI is InChI=1S/C24H26N2O5/c1-15(22(28)29)13-25-21(27)12-24(10-11-24)26-23(30)31-14-20-18-8-4-2-6-16(18)17-7-3-5-9-19(17)20/h2-9,15,20H,10-14H2,1H3,(H,25,27)(H,26,30)(H,28,29). The lowest BCUT2D eigenvalue weighted by atomic mass is 9.98. The van der Waals surface area contributed by atoms with E-state index >= 15 is 0 Å². The first-order valence-corrected chi connectivity index (χ1v) is 10.5. The molecule has 1 saturated carbocycles. The largest absolute Gasteiger partial charge is 0.481 e. The molecule has 3 N–H and O–H groups in total. The second kappa shape index (κ2) is 8.41. The molecule has 0 aromatic heterocycles. The number of carbonyl (C=O) groups is 3. The van der Waals surface area contributed by atoms with Gasteiger partial charge in [0.25, 0.3) is 0 Å². The van der Waals surface area contributed by atoms with E-state index in [-0.39, 0.29) is 31.4 Å². The van der Waals surface area contributed by atoms with Gasteiger partial charge in [-0.15, -0.1) is 0 Å². The van der Waals surface area contributed by atoms with Crippen LogP contribution in [0.1, 0.15) is 43.2 Å². The summed E-state index contributed by atoms with van der Waals surface area (Å²) in [6, 6.07) is 16.3. The molecule has 4 rings (SSSR count). The second-order valence-electron chi connectivity index (χ2n) is 8.45. The highest BCUT2D eigenvalue weighted by molar-refractivity contribution is 5.81. The van der Waals surface area contributed by atoms with E-state index in [1.165, 1.54) is 6.92 Å². The fourth-order valence-corrected chi connectivity index (χ4v) is 4.07. The van der Waals surface area contributed by atoms with Crippen LogP contribution in [-0.4, -0.2) is 41.8 Å². The predicted molar refractivity (Wildman–Crippen MR) is 115 cm³/mol. The van der Waals surface area contributed by atoms with Gasteiger partial charge in [-0.05, 0) is 35.1 Å². The molecule has 0 saturated heterocycles. The van der Waals surface area contributed by atoms with Crippen molar-refractivity contribution in [2.24, 2.45) is 5.92 Å². The Morgan fingerprint density at radius 2 is 1.65 bits per heavy atom. The third-order valence-corrected chi connectivity index (χ3v) is 6.09. The van der Waals surface area contributed by atoms with Crippen molar-refractivity contribution < 1.29 is 24.2 Å². The van der Waals surface area contributed by atoms with Crippen molar-refractivity contribution in [1.82, 2.24) is 10.6 Å². The van der Waals surface area contributed by atoms with Gasteiger partial charge in [0.1, 0.15) is 6.61 Å². The maximum Gasteiger partial charge on any atom is 0.407 e. The molecule has 2 amide bonds. The Morgan fingerprint density at radius 1 is 1.06 bits per heavy atom. The Kier molecular flexibility index (Phi) is 5.67. The Labute approximate surface area is 180 Å². The Balaban J connectivity index is 1.32. The van der Waals surface area contributed by atoms with E-state index in [1.807, 2.05) is 24.3 Å². The number of nitrogens with one attached hydrogen (secondary N) is 2. The van der Waals surface area contributed by atoms with Crippen LogP contribution in [0.2, 0.25) is 0 Å². The molecule has 2 aliphatic rings. The lowest BCUT2D eigenvalue weighted by Crippen LogP contribution is -2.42. The van der Waals surface area contributed by atoms with Crippen molar-refractivity contribution in [2.45, 2.75) is 37.6 Å². The molecule has 2 aromatic rings. The SMILES string of the molecule is CC(CNC(=O)CC1(NC(=O)OCC2c3ccccc3-c3ccccc32)CC1)C(=O)O. The van der Waals surface area contributed by atoms with Gasteiger partial charge in [0.15, 0.2) is 0 Å². The van der Waals surface area contributed by atoms with Gasteiger partial charge in [0.05, 0.1) is 11.5 Å². The summed E-state index contributed by atoms with van der Waals surface area (Å²) in [5, 5.41) is 14.4. The summed E-state index contributed by atoms with van der Waals surface area (Å²) in [5.41, 5.74) is 4.02. The molecule has 0 heterocycles. The van der Waals surface area contributed by atoms with E-state index in [9.17, 15) is 14.4 Å². The molecule has 0 bridgehead atoms. The zero-order valence-corrected chi connectivity index (χ0v) is 17.4. The summed E-state index contributed by atoms with van der Waals surface area (Å²) in [7, 11) is 0. The minimum atomic E-state index is -0.960. The number of hydrogen-bond donors (Lipinski definition) is 3. The number of ether oxygens (including phenoxy) is 1. The number of carbonyl (C=O) groups excluding carboxylic acids is 2. The van der Waals surface area contributed by atoms with E-state index in [0.717, 1.165) is 22.3 Å². The van der Waals surface area contributed by atoms with Crippen LogP contribution in [0.3, 0.4) is 0 Å². The maximum absolute atomic E-state index is 12.5. The molecule has 7 nitrogen and oxygen atoms in total. The first-order valence-electron chi connectivity index (χ1n) is 10.5. The minimum Gasteiger partial charge on any atom is -0.481 e. The van der Waals surface area contributed by atoms with E-state index in [2.05, 4.69) is 34.9 Å². The van der Waals surface area contributed by atoms with Gasteiger partial charge in [0, 0.05) is 18.9 Å². The van der Waals surface area contributed by atoms with E-state index in [4.69, 9.17) is 9.84 Å². The molecule has 31 heavy (non-hydrogen) atoms. The molecule has 1 fully saturated rings. The summed E-state index contributed by atoms with van der Waals surface area (Å²) >= 11 is 0. The molecular weight excluding hydrogens is 396 g/mol. The van der Waals surface area contributed by atoms with Crippen LogP contribution in [0, 0.1) is 5.92 Å². The summed E-state index contributed by atoms with van der Waals surface area (Å²) in [6.07, 6.45) is 0.966. The summed E-state index contributed by atoms with van der Waals surface area (Å²) in [6.45, 7) is 1.82. The molecule has 0 aliphatic heterocycles. The lowest BCUT2D eigenvalue weighted by Gasteiger charge is -2.19. The maximum atomic E-state index is 12.5. The van der Waals surface area contributed by atoms with Crippen molar-refractivity contribution in [3.05, 3.63) is 59.7 Å². The molecule has 162 valence electrons. The average molecular weight is 422 g/mol. The molecule has 1 atom stereocenters. The minimum absolute atomic E-state index is 0.0193. The Bertz CT molecular complexity index is 969. The molecule has 2 aliphatic carbocycles. The molecule has 7 heteroatoms. The van der Waals surface area contributed by atoms with E-state index in [1.54, 1.807) is 0 Å². The number of fused-ring (bicyclic) bond motifs is 3. The van der Waals surface area contributed by atoms with Gasteiger partial charge in [-0.25, -0.2) is 4.79 Å². The van der Waals surface area contributed by atoms with Crippen LogP contribution >= 0.6 is 0 Å². The first-order chi connectivity index (χ1) is 14.9. The monoisotopic (exact) mass is 422 g/mol. The highest BCUT2D eigenvalue weighted by Crippen LogP contribution is 2.44.